The van der Waals surface area contributed by atoms with E-state index in [2.05, 4.69) is 19.2 Å². The van der Waals surface area contributed by atoms with E-state index in [1.165, 1.54) is 0 Å². The Morgan fingerprint density at radius 1 is 1.43 bits per heavy atom. The summed E-state index contributed by atoms with van der Waals surface area (Å²) in [6.45, 7) is 4.82. The van der Waals surface area contributed by atoms with E-state index < -0.39 is 0 Å². The van der Waals surface area contributed by atoms with Crippen LogP contribution in [-0.2, 0) is 5.41 Å². The highest BCUT2D eigenvalue weighted by molar-refractivity contribution is 5.98. The molecule has 1 heterocycles. The van der Waals surface area contributed by atoms with Crippen LogP contribution in [0.3, 0.4) is 0 Å². The molecular weight excluding hydrogens is 176 g/mol. The van der Waals surface area contributed by atoms with Gasteiger partial charge in [0.2, 0.25) is 0 Å². The van der Waals surface area contributed by atoms with Gasteiger partial charge < -0.3 is 11.1 Å². The van der Waals surface area contributed by atoms with Gasteiger partial charge in [-0.15, -0.1) is 0 Å². The third-order valence-corrected chi connectivity index (χ3v) is 2.71. The summed E-state index contributed by atoms with van der Waals surface area (Å²) in [5.41, 5.74) is 8.22. The number of nitrogens with two attached hydrogens (primary N) is 1. The number of hydrogen-bond acceptors (Lipinski definition) is 2. The molecule has 0 aromatic heterocycles. The zero-order valence-corrected chi connectivity index (χ0v) is 8.42. The van der Waals surface area contributed by atoms with E-state index in [1.807, 2.05) is 18.2 Å². The number of amides is 1. The summed E-state index contributed by atoms with van der Waals surface area (Å²) in [4.78, 5) is 11.6. The SMILES string of the molecule is CC1(C)CNC(=O)c2cccc(N)c21. The van der Waals surface area contributed by atoms with Crippen molar-refractivity contribution in [3.8, 4) is 0 Å². The van der Waals surface area contributed by atoms with Crippen molar-refractivity contribution in [3.63, 3.8) is 0 Å². The summed E-state index contributed by atoms with van der Waals surface area (Å²) in [6.07, 6.45) is 0. The predicted molar refractivity (Wildman–Crippen MR) is 56.2 cm³/mol. The molecule has 3 N–H and O–H groups in total. The highest BCUT2D eigenvalue weighted by atomic mass is 16.1. The number of anilines is 1. The van der Waals surface area contributed by atoms with Crippen molar-refractivity contribution in [1.82, 2.24) is 5.32 Å². The van der Waals surface area contributed by atoms with Crippen molar-refractivity contribution in [2.24, 2.45) is 0 Å². The lowest BCUT2D eigenvalue weighted by Gasteiger charge is -2.33. The Kier molecular flexibility index (Phi) is 1.77. The van der Waals surface area contributed by atoms with Gasteiger partial charge in [0.05, 0.1) is 0 Å². The maximum Gasteiger partial charge on any atom is 0.251 e. The number of hydrogen-bond donors (Lipinski definition) is 2. The maximum atomic E-state index is 11.6. The van der Waals surface area contributed by atoms with Crippen molar-refractivity contribution in [1.29, 1.82) is 0 Å². The fourth-order valence-corrected chi connectivity index (χ4v) is 2.00. The number of nitrogen functional groups attached to an aromatic ring is 1. The Hall–Kier alpha value is -1.51. The molecule has 3 heteroatoms. The molecule has 1 aliphatic heterocycles. The quantitative estimate of drug-likeness (QED) is 0.606. The third kappa shape index (κ3) is 1.16. The highest BCUT2D eigenvalue weighted by Crippen LogP contribution is 2.33. The zero-order valence-electron chi connectivity index (χ0n) is 8.42. The van der Waals surface area contributed by atoms with Gasteiger partial charge in [0.1, 0.15) is 0 Å². The molecule has 0 fully saturated rings. The Morgan fingerprint density at radius 3 is 2.79 bits per heavy atom. The molecule has 0 saturated carbocycles. The van der Waals surface area contributed by atoms with Crippen molar-refractivity contribution in [2.45, 2.75) is 19.3 Å². The van der Waals surface area contributed by atoms with Gasteiger partial charge in [-0.2, -0.15) is 0 Å². The standard InChI is InChI=1S/C11H14N2O/c1-11(2)6-13-10(14)7-4-3-5-8(12)9(7)11/h3-5H,6,12H2,1-2H3,(H,13,14). The van der Waals surface area contributed by atoms with Gasteiger partial charge in [-0.1, -0.05) is 19.9 Å². The van der Waals surface area contributed by atoms with E-state index in [4.69, 9.17) is 5.73 Å². The van der Waals surface area contributed by atoms with Crippen molar-refractivity contribution >= 4 is 11.6 Å². The monoisotopic (exact) mass is 190 g/mol. The van der Waals surface area contributed by atoms with Crippen LogP contribution in [0.25, 0.3) is 0 Å². The van der Waals surface area contributed by atoms with Crippen LogP contribution in [-0.4, -0.2) is 12.5 Å². The Balaban J connectivity index is 2.70. The van der Waals surface area contributed by atoms with Crippen LogP contribution in [0.1, 0.15) is 29.8 Å². The van der Waals surface area contributed by atoms with Crippen LogP contribution in [0.4, 0.5) is 5.69 Å². The first-order valence-electron chi connectivity index (χ1n) is 4.69. The average Bonchev–Trinajstić information content (AvgIpc) is 2.12. The molecule has 1 aromatic rings. The number of benzene rings is 1. The minimum atomic E-state index is -0.0748. The van der Waals surface area contributed by atoms with Crippen molar-refractivity contribution < 1.29 is 4.79 Å². The predicted octanol–water partition coefficient (Wildman–Crippen LogP) is 1.29. The first-order valence-corrected chi connectivity index (χ1v) is 4.69. The van der Waals surface area contributed by atoms with Crippen LogP contribution >= 0.6 is 0 Å². The summed E-state index contributed by atoms with van der Waals surface area (Å²) in [7, 11) is 0. The molecule has 0 radical (unpaired) electrons. The number of carbonyl (C=O) groups excluding carboxylic acids is 1. The lowest BCUT2D eigenvalue weighted by molar-refractivity contribution is 0.0930. The second kappa shape index (κ2) is 2.74. The van der Waals surface area contributed by atoms with E-state index in [9.17, 15) is 4.79 Å². The van der Waals surface area contributed by atoms with E-state index in [-0.39, 0.29) is 11.3 Å². The first kappa shape index (κ1) is 9.06. The van der Waals surface area contributed by atoms with Crippen LogP contribution in [0.5, 0.6) is 0 Å². The topological polar surface area (TPSA) is 55.1 Å². The fraction of sp³-hybridized carbons (Fsp3) is 0.364. The largest absolute Gasteiger partial charge is 0.398 e. The minimum Gasteiger partial charge on any atom is -0.398 e. The van der Waals surface area contributed by atoms with Gasteiger partial charge in [-0.25, -0.2) is 0 Å². The molecule has 0 saturated heterocycles. The zero-order chi connectivity index (χ0) is 10.3. The molecule has 0 unspecified atom stereocenters. The number of fused-ring (bicyclic) bond motifs is 1. The Bertz CT molecular complexity index is 396. The smallest absolute Gasteiger partial charge is 0.251 e. The van der Waals surface area contributed by atoms with Crippen molar-refractivity contribution in [3.05, 3.63) is 29.3 Å². The fourth-order valence-electron chi connectivity index (χ4n) is 2.00. The molecule has 0 atom stereocenters. The van der Waals surface area contributed by atoms with E-state index in [0.29, 0.717) is 17.8 Å². The molecular formula is C11H14N2O. The summed E-state index contributed by atoms with van der Waals surface area (Å²) in [5.74, 6) is -0.0216. The lowest BCUT2D eigenvalue weighted by Crippen LogP contribution is -2.43. The highest BCUT2D eigenvalue weighted by Gasteiger charge is 2.32. The van der Waals surface area contributed by atoms with Crippen molar-refractivity contribution in [2.75, 3.05) is 12.3 Å². The van der Waals surface area contributed by atoms with Crippen LogP contribution < -0.4 is 11.1 Å². The maximum absolute atomic E-state index is 11.6. The van der Waals surface area contributed by atoms with Crippen LogP contribution in [0.15, 0.2) is 18.2 Å². The molecule has 1 aliphatic rings. The van der Waals surface area contributed by atoms with E-state index in [1.54, 1.807) is 0 Å². The molecule has 2 rings (SSSR count). The molecule has 14 heavy (non-hydrogen) atoms. The summed E-state index contributed by atoms with van der Waals surface area (Å²) in [5, 5.41) is 2.86. The van der Waals surface area contributed by atoms with E-state index >= 15 is 0 Å². The second-order valence-electron chi connectivity index (χ2n) is 4.34. The normalized spacial score (nSPS) is 18.6. The first-order chi connectivity index (χ1) is 6.52. The summed E-state index contributed by atoms with van der Waals surface area (Å²) in [6, 6.07) is 5.48. The molecule has 0 spiro atoms. The second-order valence-corrected chi connectivity index (χ2v) is 4.34. The average molecular weight is 190 g/mol. The summed E-state index contributed by atoms with van der Waals surface area (Å²) >= 11 is 0. The molecule has 1 amide bonds. The van der Waals surface area contributed by atoms with Gasteiger partial charge in [-0.3, -0.25) is 4.79 Å². The number of rotatable bonds is 0. The van der Waals surface area contributed by atoms with Gasteiger partial charge in [0.15, 0.2) is 0 Å². The number of nitrogens with one attached hydrogen (secondary N) is 1. The van der Waals surface area contributed by atoms with Gasteiger partial charge in [-0.05, 0) is 17.7 Å². The van der Waals surface area contributed by atoms with Gasteiger partial charge in [0.25, 0.3) is 5.91 Å². The lowest BCUT2D eigenvalue weighted by atomic mass is 9.78. The molecule has 0 aliphatic carbocycles. The van der Waals surface area contributed by atoms with Crippen LogP contribution in [0.2, 0.25) is 0 Å². The molecule has 1 aromatic carbocycles. The van der Waals surface area contributed by atoms with E-state index in [0.717, 1.165) is 5.56 Å². The van der Waals surface area contributed by atoms with Gasteiger partial charge >= 0.3 is 0 Å². The molecule has 0 bridgehead atoms. The molecule has 3 nitrogen and oxygen atoms in total. The Labute approximate surface area is 83.3 Å². The molecule has 74 valence electrons. The minimum absolute atomic E-state index is 0.0216. The van der Waals surface area contributed by atoms with Gasteiger partial charge in [0, 0.05) is 23.2 Å². The Morgan fingerprint density at radius 2 is 2.14 bits per heavy atom. The van der Waals surface area contributed by atoms with Crippen LogP contribution in [0, 0.1) is 0 Å². The third-order valence-electron chi connectivity index (χ3n) is 2.71. The summed E-state index contributed by atoms with van der Waals surface area (Å²) < 4.78 is 0. The number of carbonyl (C=O) groups is 1.